The fraction of sp³-hybridized carbons (Fsp3) is 0.500. The fourth-order valence-electron chi connectivity index (χ4n) is 0.778. The third-order valence-electron chi connectivity index (χ3n) is 1.36. The van der Waals surface area contributed by atoms with Gasteiger partial charge in [-0.15, -0.1) is 11.8 Å². The monoisotopic (exact) mass is 199 g/mol. The molecule has 0 unspecified atom stereocenters. The second-order valence-electron chi connectivity index (χ2n) is 2.66. The summed E-state index contributed by atoms with van der Waals surface area (Å²) in [4.78, 5) is 10.2. The van der Waals surface area contributed by atoms with E-state index in [1.165, 1.54) is 11.8 Å². The van der Waals surface area contributed by atoms with Gasteiger partial charge in [0.25, 0.3) is 0 Å². The van der Waals surface area contributed by atoms with Gasteiger partial charge in [0, 0.05) is 26.0 Å². The largest absolute Gasteiger partial charge is 0.396 e. The first-order valence-corrected chi connectivity index (χ1v) is 4.96. The molecule has 0 atom stereocenters. The molecule has 0 radical (unpaired) electrons. The van der Waals surface area contributed by atoms with Crippen LogP contribution in [0.2, 0.25) is 0 Å². The maximum atomic E-state index is 8.63. The van der Waals surface area contributed by atoms with E-state index in [-0.39, 0.29) is 6.61 Å². The minimum absolute atomic E-state index is 0.173. The fourth-order valence-corrected chi connectivity index (χ4v) is 1.38. The third kappa shape index (κ3) is 3.20. The van der Waals surface area contributed by atoms with Crippen molar-refractivity contribution < 1.29 is 5.11 Å². The van der Waals surface area contributed by atoms with Crippen molar-refractivity contribution in [2.45, 2.75) is 5.03 Å². The number of aromatic nitrogens is 2. The van der Waals surface area contributed by atoms with Crippen LogP contribution in [-0.2, 0) is 0 Å². The molecule has 1 heterocycles. The molecular weight excluding hydrogens is 186 g/mol. The van der Waals surface area contributed by atoms with Crippen molar-refractivity contribution in [2.24, 2.45) is 0 Å². The lowest BCUT2D eigenvalue weighted by Crippen LogP contribution is -2.12. The maximum absolute atomic E-state index is 8.63. The Kier molecular flexibility index (Phi) is 3.98. The van der Waals surface area contributed by atoms with E-state index in [9.17, 15) is 0 Å². The number of aliphatic hydroxyl groups is 1. The average Bonchev–Trinajstić information content (AvgIpc) is 2.15. The molecule has 1 aromatic heterocycles. The average molecular weight is 199 g/mol. The van der Waals surface area contributed by atoms with Crippen LogP contribution in [0.5, 0.6) is 0 Å². The van der Waals surface area contributed by atoms with Gasteiger partial charge in [-0.1, -0.05) is 0 Å². The van der Waals surface area contributed by atoms with Crippen LogP contribution in [0.3, 0.4) is 0 Å². The van der Waals surface area contributed by atoms with E-state index in [1.54, 1.807) is 6.20 Å². The predicted molar refractivity (Wildman–Crippen MR) is 54.2 cm³/mol. The van der Waals surface area contributed by atoms with Crippen LogP contribution in [0.4, 0.5) is 5.95 Å². The molecule has 1 N–H and O–H groups in total. The van der Waals surface area contributed by atoms with E-state index in [4.69, 9.17) is 5.11 Å². The SMILES string of the molecule is CN(C)c1nccc(SCCO)n1. The second-order valence-corrected chi connectivity index (χ2v) is 3.78. The van der Waals surface area contributed by atoms with Gasteiger partial charge in [0.05, 0.1) is 6.61 Å². The number of thioether (sulfide) groups is 1. The van der Waals surface area contributed by atoms with Crippen molar-refractivity contribution in [2.75, 3.05) is 31.4 Å². The first-order chi connectivity index (χ1) is 6.24. The highest BCUT2D eigenvalue weighted by Crippen LogP contribution is 2.15. The van der Waals surface area contributed by atoms with E-state index in [0.29, 0.717) is 11.7 Å². The summed E-state index contributed by atoms with van der Waals surface area (Å²) in [6.07, 6.45) is 1.72. The third-order valence-corrected chi connectivity index (χ3v) is 2.27. The Balaban J connectivity index is 2.68. The molecule has 0 saturated heterocycles. The zero-order chi connectivity index (χ0) is 9.68. The van der Waals surface area contributed by atoms with Crippen LogP contribution < -0.4 is 4.90 Å². The van der Waals surface area contributed by atoms with Crippen LogP contribution >= 0.6 is 11.8 Å². The molecule has 0 aromatic carbocycles. The van der Waals surface area contributed by atoms with E-state index in [0.717, 1.165) is 5.03 Å². The molecule has 1 aromatic rings. The summed E-state index contributed by atoms with van der Waals surface area (Å²) in [5.74, 6) is 1.37. The molecule has 0 aliphatic rings. The summed E-state index contributed by atoms with van der Waals surface area (Å²) in [6.45, 7) is 0.173. The quantitative estimate of drug-likeness (QED) is 0.569. The normalized spacial score (nSPS) is 10.1. The van der Waals surface area contributed by atoms with Crippen molar-refractivity contribution in [1.29, 1.82) is 0 Å². The Morgan fingerprint density at radius 3 is 2.92 bits per heavy atom. The number of anilines is 1. The van der Waals surface area contributed by atoms with E-state index in [2.05, 4.69) is 9.97 Å². The van der Waals surface area contributed by atoms with Crippen LogP contribution in [0.15, 0.2) is 17.3 Å². The summed E-state index contributed by atoms with van der Waals surface area (Å²) in [7, 11) is 3.80. The summed E-state index contributed by atoms with van der Waals surface area (Å²) < 4.78 is 0. The number of rotatable bonds is 4. The van der Waals surface area contributed by atoms with E-state index in [1.807, 2.05) is 25.1 Å². The number of nitrogens with zero attached hydrogens (tertiary/aromatic N) is 3. The van der Waals surface area contributed by atoms with Gasteiger partial charge in [0.1, 0.15) is 5.03 Å². The van der Waals surface area contributed by atoms with Crippen LogP contribution in [-0.4, -0.2) is 41.5 Å². The van der Waals surface area contributed by atoms with Gasteiger partial charge >= 0.3 is 0 Å². The molecule has 1 rings (SSSR count). The minimum atomic E-state index is 0.173. The number of hydrogen-bond acceptors (Lipinski definition) is 5. The zero-order valence-electron chi connectivity index (χ0n) is 7.77. The molecule has 13 heavy (non-hydrogen) atoms. The van der Waals surface area contributed by atoms with Gasteiger partial charge in [0.15, 0.2) is 0 Å². The maximum Gasteiger partial charge on any atom is 0.225 e. The van der Waals surface area contributed by atoms with Gasteiger partial charge in [-0.25, -0.2) is 9.97 Å². The zero-order valence-corrected chi connectivity index (χ0v) is 8.58. The Labute approximate surface area is 82.0 Å². The highest BCUT2D eigenvalue weighted by Gasteiger charge is 2.00. The molecule has 0 fully saturated rings. The van der Waals surface area contributed by atoms with Crippen LogP contribution in [0.25, 0.3) is 0 Å². The lowest BCUT2D eigenvalue weighted by Gasteiger charge is -2.09. The molecule has 0 amide bonds. The summed E-state index contributed by atoms with van der Waals surface area (Å²) in [5.41, 5.74) is 0. The number of hydrogen-bond donors (Lipinski definition) is 1. The van der Waals surface area contributed by atoms with Crippen molar-refractivity contribution in [3.05, 3.63) is 12.3 Å². The predicted octanol–water partition coefficient (Wildman–Crippen LogP) is 0.627. The molecule has 5 heteroatoms. The van der Waals surface area contributed by atoms with Crippen LogP contribution in [0.1, 0.15) is 0 Å². The molecule has 0 saturated carbocycles. The molecule has 0 aliphatic carbocycles. The first-order valence-electron chi connectivity index (χ1n) is 3.98. The van der Waals surface area contributed by atoms with Crippen molar-refractivity contribution in [3.8, 4) is 0 Å². The molecule has 72 valence electrons. The van der Waals surface area contributed by atoms with Gasteiger partial charge in [-0.2, -0.15) is 0 Å². The standard InChI is InChI=1S/C8H13N3OS/c1-11(2)8-9-4-3-7(10-8)13-6-5-12/h3-4,12H,5-6H2,1-2H3. The Morgan fingerprint density at radius 1 is 1.54 bits per heavy atom. The molecular formula is C8H13N3OS. The second kappa shape index (κ2) is 5.04. The van der Waals surface area contributed by atoms with Crippen molar-refractivity contribution in [1.82, 2.24) is 9.97 Å². The van der Waals surface area contributed by atoms with Crippen LogP contribution in [0, 0.1) is 0 Å². The smallest absolute Gasteiger partial charge is 0.225 e. The van der Waals surface area contributed by atoms with Gasteiger partial charge in [-0.3, -0.25) is 0 Å². The van der Waals surface area contributed by atoms with Crippen molar-refractivity contribution in [3.63, 3.8) is 0 Å². The Morgan fingerprint density at radius 2 is 2.31 bits per heavy atom. The molecule has 0 bridgehead atoms. The van der Waals surface area contributed by atoms with Crippen molar-refractivity contribution >= 4 is 17.7 Å². The molecule has 4 nitrogen and oxygen atoms in total. The lowest BCUT2D eigenvalue weighted by atomic mass is 10.6. The first kappa shape index (κ1) is 10.3. The Bertz CT molecular complexity index is 267. The summed E-state index contributed by atoms with van der Waals surface area (Å²) in [5, 5.41) is 9.53. The number of aliphatic hydroxyl groups excluding tert-OH is 1. The van der Waals surface area contributed by atoms with Gasteiger partial charge in [0.2, 0.25) is 5.95 Å². The Hall–Kier alpha value is -0.810. The summed E-state index contributed by atoms with van der Waals surface area (Å²) >= 11 is 1.52. The summed E-state index contributed by atoms with van der Waals surface area (Å²) in [6, 6.07) is 1.84. The minimum Gasteiger partial charge on any atom is -0.396 e. The molecule has 0 aliphatic heterocycles. The lowest BCUT2D eigenvalue weighted by molar-refractivity contribution is 0.322. The highest BCUT2D eigenvalue weighted by molar-refractivity contribution is 7.99. The van der Waals surface area contributed by atoms with Gasteiger partial charge in [-0.05, 0) is 6.07 Å². The topological polar surface area (TPSA) is 49.2 Å². The van der Waals surface area contributed by atoms with E-state index >= 15 is 0 Å². The van der Waals surface area contributed by atoms with E-state index < -0.39 is 0 Å². The molecule has 0 spiro atoms. The highest BCUT2D eigenvalue weighted by atomic mass is 32.2. The van der Waals surface area contributed by atoms with Gasteiger partial charge < -0.3 is 10.0 Å².